The third-order valence-corrected chi connectivity index (χ3v) is 4.00. The summed E-state index contributed by atoms with van der Waals surface area (Å²) in [6.07, 6.45) is 4.37. The van der Waals surface area contributed by atoms with Gasteiger partial charge in [-0.25, -0.2) is 0 Å². The molecule has 0 aromatic heterocycles. The Bertz CT molecular complexity index is 541. The lowest BCUT2D eigenvalue weighted by molar-refractivity contribution is -0.385. The average molecular weight is 297 g/mol. The number of nitrogens with zero attached hydrogens (tertiary/aromatic N) is 1. The molecule has 1 aromatic carbocycles. The number of nitrogens with one attached hydrogen (secondary N) is 1. The van der Waals surface area contributed by atoms with Crippen molar-refractivity contribution in [2.45, 2.75) is 32.6 Å². The summed E-state index contributed by atoms with van der Waals surface area (Å²) in [5.41, 5.74) is 0.0136. The number of benzene rings is 1. The van der Waals surface area contributed by atoms with E-state index in [2.05, 4.69) is 12.2 Å². The third kappa shape index (κ3) is 3.28. The van der Waals surface area contributed by atoms with Crippen molar-refractivity contribution in [3.8, 4) is 0 Å². The minimum atomic E-state index is -0.565. The fourth-order valence-corrected chi connectivity index (χ4v) is 2.61. The highest BCUT2D eigenvalue weighted by Crippen LogP contribution is 2.48. The van der Waals surface area contributed by atoms with Gasteiger partial charge in [-0.15, -0.1) is 0 Å². The van der Waals surface area contributed by atoms with Gasteiger partial charge in [0.1, 0.15) is 5.56 Å². The fourth-order valence-electron chi connectivity index (χ4n) is 2.43. The number of halogens is 1. The standard InChI is InChI=1S/C14H17ClN2O3/c1-2-5-14(6-7-14)9-16-13(18)11-8-10(15)3-4-12(11)17(19)20/h3-4,8H,2,5-7,9H2,1H3,(H,16,18). The quantitative estimate of drug-likeness (QED) is 0.644. The molecule has 5 nitrogen and oxygen atoms in total. The Hall–Kier alpha value is -1.62. The van der Waals surface area contributed by atoms with Gasteiger partial charge in [-0.2, -0.15) is 0 Å². The highest BCUT2D eigenvalue weighted by atomic mass is 35.5. The Labute approximate surface area is 122 Å². The number of nitro groups is 1. The molecule has 1 fully saturated rings. The van der Waals surface area contributed by atoms with Crippen LogP contribution in [0.15, 0.2) is 18.2 Å². The van der Waals surface area contributed by atoms with Crippen LogP contribution in [0.2, 0.25) is 5.02 Å². The molecule has 0 aliphatic heterocycles. The molecule has 1 saturated carbocycles. The fraction of sp³-hybridized carbons (Fsp3) is 0.500. The molecule has 108 valence electrons. The molecule has 0 heterocycles. The Kier molecular flexibility index (Phi) is 4.28. The lowest BCUT2D eigenvalue weighted by Gasteiger charge is -2.14. The van der Waals surface area contributed by atoms with Crippen molar-refractivity contribution >= 4 is 23.2 Å². The average Bonchev–Trinajstić information content (AvgIpc) is 3.16. The first-order valence-electron chi connectivity index (χ1n) is 6.69. The zero-order valence-corrected chi connectivity index (χ0v) is 12.1. The smallest absolute Gasteiger partial charge is 0.282 e. The van der Waals surface area contributed by atoms with Gasteiger partial charge in [0.15, 0.2) is 0 Å². The molecule has 0 atom stereocenters. The van der Waals surface area contributed by atoms with Gasteiger partial charge in [0.25, 0.3) is 11.6 Å². The van der Waals surface area contributed by atoms with E-state index in [4.69, 9.17) is 11.6 Å². The zero-order valence-electron chi connectivity index (χ0n) is 11.3. The van der Waals surface area contributed by atoms with Crippen LogP contribution in [-0.2, 0) is 0 Å². The maximum atomic E-state index is 12.1. The van der Waals surface area contributed by atoms with E-state index in [1.54, 1.807) is 0 Å². The van der Waals surface area contributed by atoms with Crippen molar-refractivity contribution in [3.05, 3.63) is 38.9 Å². The number of carbonyl (C=O) groups excluding carboxylic acids is 1. The van der Waals surface area contributed by atoms with Gasteiger partial charge >= 0.3 is 0 Å². The van der Waals surface area contributed by atoms with E-state index < -0.39 is 10.8 Å². The van der Waals surface area contributed by atoms with E-state index in [9.17, 15) is 14.9 Å². The number of hydrogen-bond donors (Lipinski definition) is 1. The second-order valence-corrected chi connectivity index (χ2v) is 5.79. The summed E-state index contributed by atoms with van der Waals surface area (Å²) >= 11 is 5.82. The van der Waals surface area contributed by atoms with Crippen LogP contribution in [0.4, 0.5) is 5.69 Å². The van der Waals surface area contributed by atoms with Crippen LogP contribution >= 0.6 is 11.6 Å². The Morgan fingerprint density at radius 1 is 1.50 bits per heavy atom. The highest BCUT2D eigenvalue weighted by Gasteiger charge is 2.41. The number of nitro benzene ring substituents is 1. The normalized spacial score (nSPS) is 15.7. The van der Waals surface area contributed by atoms with Crippen molar-refractivity contribution in [2.75, 3.05) is 6.54 Å². The summed E-state index contributed by atoms with van der Waals surface area (Å²) in [5.74, 6) is -0.429. The largest absolute Gasteiger partial charge is 0.351 e. The summed E-state index contributed by atoms with van der Waals surface area (Å²) in [5, 5.41) is 14.1. The maximum absolute atomic E-state index is 12.1. The van der Waals surface area contributed by atoms with E-state index in [1.807, 2.05) is 0 Å². The molecule has 0 unspecified atom stereocenters. The van der Waals surface area contributed by atoms with Gasteiger partial charge in [-0.1, -0.05) is 24.9 Å². The molecule has 0 saturated heterocycles. The topological polar surface area (TPSA) is 72.2 Å². The molecule has 1 N–H and O–H groups in total. The van der Waals surface area contributed by atoms with E-state index >= 15 is 0 Å². The first-order chi connectivity index (χ1) is 9.47. The first-order valence-corrected chi connectivity index (χ1v) is 7.07. The molecule has 20 heavy (non-hydrogen) atoms. The van der Waals surface area contributed by atoms with Gasteiger partial charge in [-0.05, 0) is 36.8 Å². The predicted octanol–water partition coefficient (Wildman–Crippen LogP) is 3.56. The second kappa shape index (κ2) is 5.79. The van der Waals surface area contributed by atoms with Crippen molar-refractivity contribution in [1.29, 1.82) is 0 Å². The van der Waals surface area contributed by atoms with Crippen molar-refractivity contribution in [2.24, 2.45) is 5.41 Å². The van der Waals surface area contributed by atoms with Crippen LogP contribution < -0.4 is 5.32 Å². The van der Waals surface area contributed by atoms with E-state index in [0.29, 0.717) is 11.6 Å². The Balaban J connectivity index is 2.09. The van der Waals surface area contributed by atoms with E-state index in [1.165, 1.54) is 18.2 Å². The number of rotatable bonds is 6. The SMILES string of the molecule is CCCC1(CNC(=O)c2cc(Cl)ccc2[N+](=O)[O-])CC1. The van der Waals surface area contributed by atoms with Crippen molar-refractivity contribution < 1.29 is 9.72 Å². The molecule has 1 aromatic rings. The van der Waals surface area contributed by atoms with Crippen LogP contribution in [-0.4, -0.2) is 17.4 Å². The van der Waals surface area contributed by atoms with Gasteiger partial charge in [-0.3, -0.25) is 14.9 Å². The second-order valence-electron chi connectivity index (χ2n) is 5.35. The zero-order chi connectivity index (χ0) is 14.8. The summed E-state index contributed by atoms with van der Waals surface area (Å²) in [7, 11) is 0. The molecule has 0 bridgehead atoms. The number of carbonyl (C=O) groups is 1. The lowest BCUT2D eigenvalue weighted by atomic mass is 10.0. The van der Waals surface area contributed by atoms with Crippen molar-refractivity contribution in [1.82, 2.24) is 5.32 Å². The molecule has 2 rings (SSSR count). The van der Waals surface area contributed by atoms with Crippen LogP contribution in [0.1, 0.15) is 43.0 Å². The van der Waals surface area contributed by atoms with Crippen LogP contribution in [0, 0.1) is 15.5 Å². The Morgan fingerprint density at radius 3 is 2.75 bits per heavy atom. The highest BCUT2D eigenvalue weighted by molar-refractivity contribution is 6.31. The minimum absolute atomic E-state index is 0.0230. The maximum Gasteiger partial charge on any atom is 0.282 e. The molecule has 0 radical (unpaired) electrons. The van der Waals surface area contributed by atoms with Crippen LogP contribution in [0.25, 0.3) is 0 Å². The van der Waals surface area contributed by atoms with E-state index in [0.717, 1.165) is 25.7 Å². The molecular weight excluding hydrogens is 280 g/mol. The first kappa shape index (κ1) is 14.8. The van der Waals surface area contributed by atoms with Gasteiger partial charge < -0.3 is 5.32 Å². The molecule has 6 heteroatoms. The Morgan fingerprint density at radius 2 is 2.20 bits per heavy atom. The summed E-state index contributed by atoms with van der Waals surface area (Å²) in [6, 6.07) is 4.01. The molecule has 0 spiro atoms. The number of hydrogen-bond acceptors (Lipinski definition) is 3. The molecule has 1 aliphatic carbocycles. The van der Waals surface area contributed by atoms with E-state index in [-0.39, 0.29) is 16.7 Å². The van der Waals surface area contributed by atoms with Crippen LogP contribution in [0.5, 0.6) is 0 Å². The monoisotopic (exact) mass is 296 g/mol. The summed E-state index contributed by atoms with van der Waals surface area (Å²) in [6.45, 7) is 2.69. The van der Waals surface area contributed by atoms with Gasteiger partial charge in [0.2, 0.25) is 0 Å². The van der Waals surface area contributed by atoms with Gasteiger partial charge in [0, 0.05) is 17.6 Å². The summed E-state index contributed by atoms with van der Waals surface area (Å²) < 4.78 is 0. The third-order valence-electron chi connectivity index (χ3n) is 3.76. The van der Waals surface area contributed by atoms with Crippen LogP contribution in [0.3, 0.4) is 0 Å². The van der Waals surface area contributed by atoms with Gasteiger partial charge in [0.05, 0.1) is 4.92 Å². The number of amides is 1. The van der Waals surface area contributed by atoms with Crippen molar-refractivity contribution in [3.63, 3.8) is 0 Å². The lowest BCUT2D eigenvalue weighted by Crippen LogP contribution is -2.30. The molecular formula is C14H17ClN2O3. The summed E-state index contributed by atoms with van der Waals surface area (Å²) in [4.78, 5) is 22.5. The minimum Gasteiger partial charge on any atom is -0.351 e. The molecule has 1 amide bonds. The predicted molar refractivity (Wildman–Crippen MR) is 77.0 cm³/mol. The molecule has 1 aliphatic rings.